The maximum Gasteiger partial charge on any atom is 0.362 e. The molecule has 0 aliphatic carbocycles. The number of carbonyl (C=O) groups excluding carboxylic acids is 1. The lowest BCUT2D eigenvalue weighted by Crippen LogP contribution is -2.23. The highest BCUT2D eigenvalue weighted by atomic mass is 35.5. The molecule has 0 amide bonds. The van der Waals surface area contributed by atoms with E-state index in [4.69, 9.17) is 23.2 Å². The van der Waals surface area contributed by atoms with Crippen molar-refractivity contribution in [1.29, 1.82) is 0 Å². The van der Waals surface area contributed by atoms with E-state index in [1.54, 1.807) is 0 Å². The highest BCUT2D eigenvalue weighted by Crippen LogP contribution is 2.40. The monoisotopic (exact) mass is 444 g/mol. The van der Waals surface area contributed by atoms with Crippen LogP contribution in [0.1, 0.15) is 10.5 Å². The zero-order valence-electron chi connectivity index (χ0n) is 13.5. The maximum atomic E-state index is 12.6. The van der Waals surface area contributed by atoms with Crippen molar-refractivity contribution >= 4 is 62.1 Å². The number of ether oxygens (including phenoxy) is 1. The Morgan fingerprint density at radius 3 is 2.50 bits per heavy atom. The van der Waals surface area contributed by atoms with Crippen molar-refractivity contribution in [3.63, 3.8) is 0 Å². The summed E-state index contributed by atoms with van der Waals surface area (Å²) in [5.41, 5.74) is -2.93. The zero-order valence-corrected chi connectivity index (χ0v) is 15.9. The molecule has 0 saturated carbocycles. The summed E-state index contributed by atoms with van der Waals surface area (Å²) in [6.45, 7) is 0. The first-order valence-electron chi connectivity index (χ1n) is 7.09. The largest absolute Gasteiger partial charge is 0.464 e. The van der Waals surface area contributed by atoms with Crippen LogP contribution in [0.3, 0.4) is 0 Å². The molecule has 1 aromatic carbocycles. The molecule has 3 rings (SSSR count). The highest BCUT2D eigenvalue weighted by molar-refractivity contribution is 7.23. The molecular formula is C14H6Cl2N4O7S. The van der Waals surface area contributed by atoms with Gasteiger partial charge in [-0.1, -0.05) is 34.5 Å². The molecule has 2 aromatic heterocycles. The van der Waals surface area contributed by atoms with Gasteiger partial charge in [0.1, 0.15) is 15.2 Å². The van der Waals surface area contributed by atoms with Crippen molar-refractivity contribution < 1.29 is 19.4 Å². The molecule has 3 aromatic rings. The molecule has 0 fully saturated rings. The highest BCUT2D eigenvalue weighted by Gasteiger charge is 2.30. The minimum atomic E-state index is -1.14. The van der Waals surface area contributed by atoms with Gasteiger partial charge in [-0.2, -0.15) is 5.10 Å². The van der Waals surface area contributed by atoms with E-state index >= 15 is 0 Å². The van der Waals surface area contributed by atoms with Crippen LogP contribution in [0, 0.1) is 20.2 Å². The first kappa shape index (κ1) is 19.7. The summed E-state index contributed by atoms with van der Waals surface area (Å²) >= 11 is 12.4. The third kappa shape index (κ3) is 3.06. The van der Waals surface area contributed by atoms with E-state index in [9.17, 15) is 29.8 Å². The molecule has 0 atom stereocenters. The minimum Gasteiger partial charge on any atom is -0.464 e. The molecule has 0 radical (unpaired) electrons. The summed E-state index contributed by atoms with van der Waals surface area (Å²) in [4.78, 5) is 45.4. The van der Waals surface area contributed by atoms with Gasteiger partial charge in [-0.05, 0) is 12.1 Å². The zero-order chi connectivity index (χ0) is 20.7. The normalized spacial score (nSPS) is 10.8. The number of nitro groups is 2. The Labute approximate surface area is 168 Å². The lowest BCUT2D eigenvalue weighted by atomic mass is 10.2. The van der Waals surface area contributed by atoms with E-state index in [2.05, 4.69) is 9.84 Å². The number of thiophene rings is 1. The fourth-order valence-corrected chi connectivity index (χ4v) is 3.92. The number of hydrogen-bond donors (Lipinski definition) is 0. The number of rotatable bonds is 4. The summed E-state index contributed by atoms with van der Waals surface area (Å²) < 4.78 is 5.15. The second-order valence-electron chi connectivity index (χ2n) is 5.14. The average Bonchev–Trinajstić information content (AvgIpc) is 2.99. The summed E-state index contributed by atoms with van der Waals surface area (Å²) in [7, 11) is 1.00. The van der Waals surface area contributed by atoms with Gasteiger partial charge in [-0.3, -0.25) is 25.0 Å². The van der Waals surface area contributed by atoms with E-state index in [0.717, 1.165) is 17.9 Å². The van der Waals surface area contributed by atoms with Gasteiger partial charge in [-0.25, -0.2) is 9.48 Å². The van der Waals surface area contributed by atoms with Crippen LogP contribution in [0.4, 0.5) is 11.4 Å². The summed E-state index contributed by atoms with van der Waals surface area (Å²) in [6, 6.07) is 3.58. The van der Waals surface area contributed by atoms with Gasteiger partial charge in [0.15, 0.2) is 4.34 Å². The average molecular weight is 445 g/mol. The predicted octanol–water partition coefficient (Wildman–Crippen LogP) is 3.36. The Hall–Kier alpha value is -3.09. The van der Waals surface area contributed by atoms with Crippen molar-refractivity contribution in [2.45, 2.75) is 0 Å². The van der Waals surface area contributed by atoms with Crippen LogP contribution in [0.2, 0.25) is 9.36 Å². The number of methoxy groups -OCH3 is 1. The molecule has 11 nitrogen and oxygen atoms in total. The van der Waals surface area contributed by atoms with E-state index in [0.29, 0.717) is 11.3 Å². The summed E-state index contributed by atoms with van der Waals surface area (Å²) in [5, 5.41) is 25.8. The Balaban J connectivity index is 2.49. The number of carbonyl (C=O) groups is 1. The molecule has 0 aliphatic rings. The molecule has 0 unspecified atom stereocenters. The Morgan fingerprint density at radius 2 is 1.93 bits per heavy atom. The van der Waals surface area contributed by atoms with Crippen molar-refractivity contribution in [1.82, 2.24) is 9.78 Å². The molecule has 28 heavy (non-hydrogen) atoms. The molecule has 14 heteroatoms. The molecule has 0 bridgehead atoms. The van der Waals surface area contributed by atoms with Crippen molar-refractivity contribution in [2.24, 2.45) is 0 Å². The summed E-state index contributed by atoms with van der Waals surface area (Å²) in [5.74, 6) is -1.14. The quantitative estimate of drug-likeness (QED) is 0.337. The number of fused-ring (bicyclic) bond motifs is 1. The fraction of sp³-hybridized carbons (Fsp3) is 0.0714. The Morgan fingerprint density at radius 1 is 1.25 bits per heavy atom. The predicted molar refractivity (Wildman–Crippen MR) is 99.9 cm³/mol. The van der Waals surface area contributed by atoms with E-state index in [-0.39, 0.29) is 19.9 Å². The van der Waals surface area contributed by atoms with Gasteiger partial charge in [0.2, 0.25) is 11.1 Å². The van der Waals surface area contributed by atoms with Crippen molar-refractivity contribution in [2.75, 3.05) is 7.11 Å². The number of nitrogens with zero attached hydrogens (tertiary/aromatic N) is 4. The number of halogens is 2. The third-order valence-corrected chi connectivity index (χ3v) is 5.26. The molecule has 2 heterocycles. The topological polar surface area (TPSA) is 147 Å². The van der Waals surface area contributed by atoms with Gasteiger partial charge < -0.3 is 4.74 Å². The molecule has 0 N–H and O–H groups in total. The lowest BCUT2D eigenvalue weighted by molar-refractivity contribution is -0.384. The smallest absolute Gasteiger partial charge is 0.362 e. The van der Waals surface area contributed by atoms with Crippen LogP contribution in [0.25, 0.3) is 15.9 Å². The molecule has 0 spiro atoms. The number of esters is 1. The Bertz CT molecular complexity index is 1240. The van der Waals surface area contributed by atoms with Gasteiger partial charge in [0.05, 0.1) is 22.6 Å². The fourth-order valence-electron chi connectivity index (χ4n) is 2.39. The van der Waals surface area contributed by atoms with E-state index < -0.39 is 43.7 Å². The SMILES string of the molecule is COC(=O)c1nn(-c2ccc(Cl)c([N+](=O)[O-])c2)c2sc(Cl)c([N+](=O)[O-])c2c1=O. The Kier molecular flexibility index (Phi) is 5.02. The first-order valence-corrected chi connectivity index (χ1v) is 8.67. The van der Waals surface area contributed by atoms with Crippen molar-refractivity contribution in [3.8, 4) is 5.69 Å². The van der Waals surface area contributed by atoms with Crippen LogP contribution in [0.5, 0.6) is 0 Å². The number of aromatic nitrogens is 2. The minimum absolute atomic E-state index is 0.0269. The van der Waals surface area contributed by atoms with Gasteiger partial charge in [0, 0.05) is 6.07 Å². The van der Waals surface area contributed by atoms with Crippen LogP contribution >= 0.6 is 34.5 Å². The van der Waals surface area contributed by atoms with Crippen LogP contribution in [0.15, 0.2) is 23.0 Å². The first-order chi connectivity index (χ1) is 13.2. The number of nitro benzene ring substituents is 1. The number of hydrogen-bond acceptors (Lipinski definition) is 9. The van der Waals surface area contributed by atoms with E-state index in [1.165, 1.54) is 12.1 Å². The number of benzene rings is 1. The maximum absolute atomic E-state index is 12.6. The third-order valence-electron chi connectivity index (χ3n) is 3.59. The molecular weight excluding hydrogens is 439 g/mol. The van der Waals surface area contributed by atoms with Gasteiger partial charge in [0.25, 0.3) is 5.69 Å². The summed E-state index contributed by atoms with van der Waals surface area (Å²) in [6.07, 6.45) is 0. The second-order valence-corrected chi connectivity index (χ2v) is 7.14. The standard InChI is InChI=1S/C14H6Cl2N4O7S/c1-27-14(22)9-11(21)8-10(20(25)26)12(16)28-13(8)18(17-9)5-2-3-6(15)7(4-5)19(23)24/h2-4H,1H3. The lowest BCUT2D eigenvalue weighted by Gasteiger charge is -2.09. The van der Waals surface area contributed by atoms with Gasteiger partial charge >= 0.3 is 11.7 Å². The molecule has 0 aliphatic heterocycles. The van der Waals surface area contributed by atoms with E-state index in [1.807, 2.05) is 0 Å². The molecule has 144 valence electrons. The second kappa shape index (κ2) is 7.14. The van der Waals surface area contributed by atoms with Crippen LogP contribution < -0.4 is 5.43 Å². The van der Waals surface area contributed by atoms with Gasteiger partial charge in [-0.15, -0.1) is 0 Å². The van der Waals surface area contributed by atoms with Crippen LogP contribution in [-0.2, 0) is 4.74 Å². The van der Waals surface area contributed by atoms with Crippen molar-refractivity contribution in [3.05, 3.63) is 63.7 Å². The van der Waals surface area contributed by atoms with Crippen LogP contribution in [-0.4, -0.2) is 32.7 Å². The molecule has 0 saturated heterocycles.